The Kier molecular flexibility index (Phi) is 7.18. The van der Waals surface area contributed by atoms with Crippen LogP contribution in [0.1, 0.15) is 39.5 Å². The molecule has 2 rings (SSSR count). The molecule has 1 N–H and O–H groups in total. The van der Waals surface area contributed by atoms with E-state index in [1.807, 2.05) is 19.1 Å². The molecule has 1 amide bonds. The van der Waals surface area contributed by atoms with Gasteiger partial charge in [0.25, 0.3) is 5.91 Å². The number of amides is 1. The minimum absolute atomic E-state index is 0.0265. The monoisotopic (exact) mass is 338 g/mol. The molecule has 0 aromatic heterocycles. The van der Waals surface area contributed by atoms with Gasteiger partial charge in [-0.25, -0.2) is 0 Å². The summed E-state index contributed by atoms with van der Waals surface area (Å²) in [5, 5.41) is 3.76. The Morgan fingerprint density at radius 2 is 2.13 bits per heavy atom. The third kappa shape index (κ3) is 5.70. The summed E-state index contributed by atoms with van der Waals surface area (Å²) in [6.45, 7) is 7.43. The molecule has 1 aromatic rings. The van der Waals surface area contributed by atoms with E-state index in [0.29, 0.717) is 17.2 Å². The summed E-state index contributed by atoms with van der Waals surface area (Å²) in [4.78, 5) is 14.9. The minimum Gasteiger partial charge on any atom is -0.481 e. The number of nitrogens with zero attached hydrogens (tertiary/aromatic N) is 1. The van der Waals surface area contributed by atoms with E-state index in [1.54, 1.807) is 12.1 Å². The predicted octanol–water partition coefficient (Wildman–Crippen LogP) is 3.49. The van der Waals surface area contributed by atoms with Gasteiger partial charge in [0.15, 0.2) is 6.10 Å². The molecule has 23 heavy (non-hydrogen) atoms. The van der Waals surface area contributed by atoms with Gasteiger partial charge < -0.3 is 15.0 Å². The molecule has 4 nitrogen and oxygen atoms in total. The van der Waals surface area contributed by atoms with Crippen LogP contribution in [-0.2, 0) is 4.79 Å². The van der Waals surface area contributed by atoms with Gasteiger partial charge in [-0.3, -0.25) is 4.79 Å². The fourth-order valence-corrected chi connectivity index (χ4v) is 3.12. The first kappa shape index (κ1) is 18.1. The smallest absolute Gasteiger partial charge is 0.261 e. The molecule has 5 heteroatoms. The van der Waals surface area contributed by atoms with Crippen molar-refractivity contribution in [3.8, 4) is 5.75 Å². The van der Waals surface area contributed by atoms with Gasteiger partial charge in [0.1, 0.15) is 5.75 Å². The summed E-state index contributed by atoms with van der Waals surface area (Å²) in [6.07, 6.45) is 3.37. The molecule has 1 heterocycles. The van der Waals surface area contributed by atoms with Gasteiger partial charge in [-0.2, -0.15) is 0 Å². The molecular weight excluding hydrogens is 312 g/mol. The maximum atomic E-state index is 12.5. The van der Waals surface area contributed by atoms with Crippen LogP contribution in [0.4, 0.5) is 0 Å². The summed E-state index contributed by atoms with van der Waals surface area (Å²) in [5.41, 5.74) is 0. The van der Waals surface area contributed by atoms with Crippen LogP contribution in [0.2, 0.25) is 5.02 Å². The topological polar surface area (TPSA) is 41.6 Å². The fraction of sp³-hybridized carbons (Fsp3) is 0.611. The van der Waals surface area contributed by atoms with Crippen molar-refractivity contribution in [2.45, 2.75) is 51.7 Å². The van der Waals surface area contributed by atoms with Crippen molar-refractivity contribution in [1.29, 1.82) is 0 Å². The molecule has 1 atom stereocenters. The second-order valence-corrected chi connectivity index (χ2v) is 6.53. The average molecular weight is 339 g/mol. The zero-order valence-corrected chi connectivity index (χ0v) is 14.8. The highest BCUT2D eigenvalue weighted by molar-refractivity contribution is 6.30. The highest BCUT2D eigenvalue weighted by atomic mass is 35.5. The van der Waals surface area contributed by atoms with Crippen LogP contribution in [0.15, 0.2) is 24.3 Å². The SMILES string of the molecule is CCCN1CCC(NC(=O)C(CC)Oc2cccc(Cl)c2)CC1. The molecule has 1 aliphatic heterocycles. The van der Waals surface area contributed by atoms with Crippen LogP contribution in [0.25, 0.3) is 0 Å². The molecular formula is C18H27ClN2O2. The Balaban J connectivity index is 1.83. The fourth-order valence-electron chi connectivity index (χ4n) is 2.94. The normalized spacial score (nSPS) is 17.7. The van der Waals surface area contributed by atoms with E-state index in [9.17, 15) is 4.79 Å². The number of hydrogen-bond donors (Lipinski definition) is 1. The summed E-state index contributed by atoms with van der Waals surface area (Å²) in [7, 11) is 0. The van der Waals surface area contributed by atoms with Gasteiger partial charge >= 0.3 is 0 Å². The number of likely N-dealkylation sites (tertiary alicyclic amines) is 1. The standard InChI is InChI=1S/C18H27ClN2O2/c1-3-10-21-11-8-15(9-12-21)20-18(22)17(4-2)23-16-7-5-6-14(19)13-16/h5-7,13,15,17H,3-4,8-12H2,1-2H3,(H,20,22). The van der Waals surface area contributed by atoms with E-state index >= 15 is 0 Å². The lowest BCUT2D eigenvalue weighted by Gasteiger charge is -2.32. The largest absolute Gasteiger partial charge is 0.481 e. The second-order valence-electron chi connectivity index (χ2n) is 6.10. The quantitative estimate of drug-likeness (QED) is 0.827. The summed E-state index contributed by atoms with van der Waals surface area (Å²) in [6, 6.07) is 7.43. The Labute approximate surface area is 144 Å². The van der Waals surface area contributed by atoms with Crippen LogP contribution < -0.4 is 10.1 Å². The van der Waals surface area contributed by atoms with Crippen molar-refractivity contribution in [2.75, 3.05) is 19.6 Å². The molecule has 1 unspecified atom stereocenters. The van der Waals surface area contributed by atoms with E-state index in [1.165, 1.54) is 6.42 Å². The van der Waals surface area contributed by atoms with Crippen molar-refractivity contribution in [3.05, 3.63) is 29.3 Å². The van der Waals surface area contributed by atoms with E-state index in [0.717, 1.165) is 32.5 Å². The van der Waals surface area contributed by atoms with Gasteiger partial charge in [-0.05, 0) is 50.4 Å². The molecule has 1 fully saturated rings. The number of hydrogen-bond acceptors (Lipinski definition) is 3. The zero-order chi connectivity index (χ0) is 16.7. The van der Waals surface area contributed by atoms with E-state index in [2.05, 4.69) is 17.1 Å². The Bertz CT molecular complexity index is 502. The summed E-state index contributed by atoms with van der Waals surface area (Å²) >= 11 is 5.96. The number of carbonyl (C=O) groups is 1. The first-order chi connectivity index (χ1) is 11.1. The maximum absolute atomic E-state index is 12.5. The molecule has 0 aliphatic carbocycles. The number of piperidine rings is 1. The third-order valence-corrected chi connectivity index (χ3v) is 4.45. The lowest BCUT2D eigenvalue weighted by atomic mass is 10.0. The summed E-state index contributed by atoms with van der Waals surface area (Å²) in [5.74, 6) is 0.610. The van der Waals surface area contributed by atoms with Crippen LogP contribution in [-0.4, -0.2) is 42.6 Å². The summed E-state index contributed by atoms with van der Waals surface area (Å²) < 4.78 is 5.80. The number of benzene rings is 1. The Hall–Kier alpha value is -1.26. The van der Waals surface area contributed by atoms with Gasteiger partial charge in [0, 0.05) is 24.2 Å². The highest BCUT2D eigenvalue weighted by Gasteiger charge is 2.24. The van der Waals surface area contributed by atoms with E-state index in [4.69, 9.17) is 16.3 Å². The number of rotatable bonds is 7. The van der Waals surface area contributed by atoms with Crippen LogP contribution >= 0.6 is 11.6 Å². The predicted molar refractivity (Wildman–Crippen MR) is 94.1 cm³/mol. The molecule has 128 valence electrons. The van der Waals surface area contributed by atoms with Crippen LogP contribution in [0.3, 0.4) is 0 Å². The van der Waals surface area contributed by atoms with Crippen molar-refractivity contribution in [1.82, 2.24) is 10.2 Å². The van der Waals surface area contributed by atoms with Crippen molar-refractivity contribution >= 4 is 17.5 Å². The second kappa shape index (κ2) is 9.14. The Morgan fingerprint density at radius 1 is 1.39 bits per heavy atom. The molecule has 0 radical (unpaired) electrons. The van der Waals surface area contributed by atoms with Gasteiger partial charge in [0.2, 0.25) is 0 Å². The minimum atomic E-state index is -0.470. The number of halogens is 1. The van der Waals surface area contributed by atoms with Gasteiger partial charge in [0.05, 0.1) is 0 Å². The van der Waals surface area contributed by atoms with E-state index in [-0.39, 0.29) is 11.9 Å². The van der Waals surface area contributed by atoms with Crippen LogP contribution in [0, 0.1) is 0 Å². The lowest BCUT2D eigenvalue weighted by Crippen LogP contribution is -2.48. The number of ether oxygens (including phenoxy) is 1. The van der Waals surface area contributed by atoms with Crippen molar-refractivity contribution in [2.24, 2.45) is 0 Å². The molecule has 1 aromatic carbocycles. The van der Waals surface area contributed by atoms with Gasteiger partial charge in [-0.1, -0.05) is 31.5 Å². The zero-order valence-electron chi connectivity index (χ0n) is 14.1. The molecule has 1 aliphatic rings. The molecule has 0 saturated carbocycles. The molecule has 1 saturated heterocycles. The highest BCUT2D eigenvalue weighted by Crippen LogP contribution is 2.19. The third-order valence-electron chi connectivity index (χ3n) is 4.21. The lowest BCUT2D eigenvalue weighted by molar-refractivity contribution is -0.129. The maximum Gasteiger partial charge on any atom is 0.261 e. The number of nitrogens with one attached hydrogen (secondary N) is 1. The van der Waals surface area contributed by atoms with Crippen molar-refractivity contribution < 1.29 is 9.53 Å². The molecule has 0 bridgehead atoms. The first-order valence-electron chi connectivity index (χ1n) is 8.57. The first-order valence-corrected chi connectivity index (χ1v) is 8.95. The average Bonchev–Trinajstić information content (AvgIpc) is 2.54. The Morgan fingerprint density at radius 3 is 2.74 bits per heavy atom. The van der Waals surface area contributed by atoms with E-state index < -0.39 is 6.10 Å². The van der Waals surface area contributed by atoms with Gasteiger partial charge in [-0.15, -0.1) is 0 Å². The number of carbonyl (C=O) groups excluding carboxylic acids is 1. The molecule has 0 spiro atoms. The van der Waals surface area contributed by atoms with Crippen molar-refractivity contribution in [3.63, 3.8) is 0 Å². The van der Waals surface area contributed by atoms with Crippen LogP contribution in [0.5, 0.6) is 5.75 Å².